The van der Waals surface area contributed by atoms with Gasteiger partial charge in [0.25, 0.3) is 0 Å². The monoisotopic (exact) mass is 416 g/mol. The number of aryl methyl sites for hydroxylation is 1. The molecule has 1 aromatic heterocycles. The first kappa shape index (κ1) is 19.4. The van der Waals surface area contributed by atoms with Crippen molar-refractivity contribution in [2.45, 2.75) is 13.8 Å². The Balaban J connectivity index is 1.73. The van der Waals surface area contributed by atoms with Crippen LogP contribution >= 0.6 is 35.4 Å². The molecule has 27 heavy (non-hydrogen) atoms. The lowest BCUT2D eigenvalue weighted by atomic mass is 10.2. The van der Waals surface area contributed by atoms with Crippen LogP contribution in [0.2, 0.25) is 10.0 Å². The molecule has 1 heterocycles. The largest absolute Gasteiger partial charge is 0.331 e. The first-order valence-electron chi connectivity index (χ1n) is 8.25. The number of para-hydroxylation sites is 1. The molecular formula is C20H18Cl2N4S. The molecule has 0 aliphatic heterocycles. The van der Waals surface area contributed by atoms with Crippen molar-refractivity contribution in [3.63, 3.8) is 0 Å². The van der Waals surface area contributed by atoms with Crippen molar-refractivity contribution >= 4 is 52.4 Å². The van der Waals surface area contributed by atoms with Crippen molar-refractivity contribution in [3.05, 3.63) is 81.6 Å². The van der Waals surface area contributed by atoms with Crippen LogP contribution in [0.25, 0.3) is 5.69 Å². The number of anilines is 1. The fraction of sp³-hybridized carbons (Fsp3) is 0.100. The van der Waals surface area contributed by atoms with Crippen LogP contribution in [0.4, 0.5) is 5.69 Å². The minimum atomic E-state index is 0.427. The van der Waals surface area contributed by atoms with E-state index in [2.05, 4.69) is 26.5 Å². The van der Waals surface area contributed by atoms with Crippen LogP contribution in [0.3, 0.4) is 0 Å². The van der Waals surface area contributed by atoms with E-state index in [1.807, 2.05) is 56.3 Å². The van der Waals surface area contributed by atoms with Crippen LogP contribution in [0.5, 0.6) is 0 Å². The Kier molecular flexibility index (Phi) is 6.16. The summed E-state index contributed by atoms with van der Waals surface area (Å²) in [5.41, 5.74) is 7.78. The van der Waals surface area contributed by atoms with Gasteiger partial charge in [-0.15, -0.1) is 0 Å². The summed E-state index contributed by atoms with van der Waals surface area (Å²) in [5, 5.41) is 8.80. The van der Waals surface area contributed by atoms with Crippen LogP contribution in [0.1, 0.15) is 17.0 Å². The summed E-state index contributed by atoms with van der Waals surface area (Å²) in [5.74, 6) is 0. The first-order chi connectivity index (χ1) is 13.0. The second kappa shape index (κ2) is 8.57. The van der Waals surface area contributed by atoms with Crippen LogP contribution in [-0.2, 0) is 0 Å². The minimum absolute atomic E-state index is 0.427. The number of halogens is 2. The second-order valence-corrected chi connectivity index (χ2v) is 7.17. The highest BCUT2D eigenvalue weighted by atomic mass is 35.5. The zero-order chi connectivity index (χ0) is 19.4. The molecule has 0 atom stereocenters. The van der Waals surface area contributed by atoms with Gasteiger partial charge < -0.3 is 9.88 Å². The van der Waals surface area contributed by atoms with Gasteiger partial charge in [0.2, 0.25) is 0 Å². The Morgan fingerprint density at radius 2 is 1.78 bits per heavy atom. The number of benzene rings is 2. The second-order valence-electron chi connectivity index (χ2n) is 5.95. The highest BCUT2D eigenvalue weighted by Crippen LogP contribution is 2.27. The van der Waals surface area contributed by atoms with Gasteiger partial charge in [0.05, 0.1) is 16.3 Å². The van der Waals surface area contributed by atoms with Crippen molar-refractivity contribution in [2.75, 3.05) is 5.32 Å². The maximum atomic E-state index is 6.16. The van der Waals surface area contributed by atoms with Crippen molar-refractivity contribution < 1.29 is 0 Å². The number of rotatable bonds is 4. The van der Waals surface area contributed by atoms with E-state index in [9.17, 15) is 0 Å². The van der Waals surface area contributed by atoms with E-state index in [-0.39, 0.29) is 0 Å². The first-order valence-corrected chi connectivity index (χ1v) is 9.41. The SMILES string of the molecule is Cc1cc(/C=N\NC(=S)Nc2ccccc2)c(C)n1-c1ccc(Cl)c(Cl)c1. The van der Waals surface area contributed by atoms with Gasteiger partial charge in [-0.3, -0.25) is 5.43 Å². The number of aromatic nitrogens is 1. The molecule has 3 aromatic rings. The van der Waals surface area contributed by atoms with Crippen LogP contribution in [-0.4, -0.2) is 15.9 Å². The average molecular weight is 417 g/mol. The molecule has 0 radical (unpaired) electrons. The molecule has 2 N–H and O–H groups in total. The zero-order valence-corrected chi connectivity index (χ0v) is 17.2. The van der Waals surface area contributed by atoms with Gasteiger partial charge in [-0.2, -0.15) is 5.10 Å². The fourth-order valence-corrected chi connectivity index (χ4v) is 3.24. The molecule has 138 valence electrons. The summed E-state index contributed by atoms with van der Waals surface area (Å²) in [6, 6.07) is 17.3. The Bertz CT molecular complexity index is 997. The van der Waals surface area contributed by atoms with Gasteiger partial charge >= 0.3 is 0 Å². The Morgan fingerprint density at radius 3 is 2.48 bits per heavy atom. The quantitative estimate of drug-likeness (QED) is 0.324. The van der Waals surface area contributed by atoms with Gasteiger partial charge in [0.15, 0.2) is 5.11 Å². The van der Waals surface area contributed by atoms with Crippen molar-refractivity contribution in [2.24, 2.45) is 5.10 Å². The number of nitrogens with zero attached hydrogens (tertiary/aromatic N) is 2. The topological polar surface area (TPSA) is 41.4 Å². The third-order valence-electron chi connectivity index (χ3n) is 4.03. The minimum Gasteiger partial charge on any atom is -0.331 e. The van der Waals surface area contributed by atoms with Crippen LogP contribution in [0.15, 0.2) is 59.7 Å². The molecule has 0 bridgehead atoms. The molecule has 0 unspecified atom stereocenters. The maximum absolute atomic E-state index is 6.16. The van der Waals surface area contributed by atoms with Gasteiger partial charge in [0, 0.05) is 28.3 Å². The van der Waals surface area contributed by atoms with Gasteiger partial charge in [-0.1, -0.05) is 41.4 Å². The predicted molar refractivity (Wildman–Crippen MR) is 119 cm³/mol. The average Bonchev–Trinajstić information content (AvgIpc) is 2.92. The van der Waals surface area contributed by atoms with E-state index in [4.69, 9.17) is 35.4 Å². The molecule has 0 aliphatic carbocycles. The molecule has 4 nitrogen and oxygen atoms in total. The standard InChI is InChI=1S/C20H18Cl2N4S/c1-13-10-15(12-23-25-20(27)24-16-6-4-3-5-7-16)14(2)26(13)17-8-9-18(21)19(22)11-17/h3-12H,1-2H3,(H2,24,25,27)/b23-12-. The van der Waals surface area contributed by atoms with Crippen molar-refractivity contribution in [3.8, 4) is 5.69 Å². The molecule has 2 aromatic carbocycles. The lowest BCUT2D eigenvalue weighted by molar-refractivity contribution is 0.964. The summed E-state index contributed by atoms with van der Waals surface area (Å²) in [7, 11) is 0. The summed E-state index contributed by atoms with van der Waals surface area (Å²) in [6.07, 6.45) is 1.75. The fourth-order valence-electron chi connectivity index (χ4n) is 2.78. The van der Waals surface area contributed by atoms with E-state index in [0.717, 1.165) is 28.3 Å². The highest BCUT2D eigenvalue weighted by Gasteiger charge is 2.10. The van der Waals surface area contributed by atoms with Crippen LogP contribution in [0, 0.1) is 13.8 Å². The summed E-state index contributed by atoms with van der Waals surface area (Å²) in [6.45, 7) is 4.05. The molecule has 7 heteroatoms. The molecule has 0 saturated heterocycles. The number of thiocarbonyl (C=S) groups is 1. The Morgan fingerprint density at radius 1 is 1.04 bits per heavy atom. The number of nitrogens with one attached hydrogen (secondary N) is 2. The van der Waals surface area contributed by atoms with E-state index < -0.39 is 0 Å². The normalized spacial score (nSPS) is 11.0. The molecule has 0 amide bonds. The smallest absolute Gasteiger partial charge is 0.191 e. The van der Waals surface area contributed by atoms with E-state index >= 15 is 0 Å². The van der Waals surface area contributed by atoms with Gasteiger partial charge in [-0.25, -0.2) is 0 Å². The van der Waals surface area contributed by atoms with Crippen molar-refractivity contribution in [1.29, 1.82) is 0 Å². The summed E-state index contributed by atoms with van der Waals surface area (Å²) in [4.78, 5) is 0. The zero-order valence-electron chi connectivity index (χ0n) is 14.8. The molecule has 0 spiro atoms. The molecule has 0 aliphatic rings. The van der Waals surface area contributed by atoms with E-state index in [1.165, 1.54) is 0 Å². The Labute approximate surface area is 173 Å². The molecule has 0 saturated carbocycles. The van der Waals surface area contributed by atoms with Crippen molar-refractivity contribution in [1.82, 2.24) is 9.99 Å². The third-order valence-corrected chi connectivity index (χ3v) is 4.97. The van der Waals surface area contributed by atoms with Gasteiger partial charge in [0.1, 0.15) is 0 Å². The number of hydrazone groups is 1. The lowest BCUT2D eigenvalue weighted by Gasteiger charge is -2.10. The Hall–Kier alpha value is -2.34. The predicted octanol–water partition coefficient (Wildman–Crippen LogP) is 5.72. The maximum Gasteiger partial charge on any atom is 0.191 e. The molecule has 0 fully saturated rings. The molecular weight excluding hydrogens is 399 g/mol. The summed E-state index contributed by atoms with van der Waals surface area (Å²) < 4.78 is 2.10. The van der Waals surface area contributed by atoms with E-state index in [0.29, 0.717) is 15.2 Å². The summed E-state index contributed by atoms with van der Waals surface area (Å²) >= 11 is 17.4. The number of hydrogen-bond acceptors (Lipinski definition) is 2. The molecule has 3 rings (SSSR count). The number of hydrogen-bond donors (Lipinski definition) is 2. The van der Waals surface area contributed by atoms with Gasteiger partial charge in [-0.05, 0) is 62.5 Å². The highest BCUT2D eigenvalue weighted by molar-refractivity contribution is 7.80. The van der Waals surface area contributed by atoms with Crippen LogP contribution < -0.4 is 10.7 Å². The third kappa shape index (κ3) is 4.69. The lowest BCUT2D eigenvalue weighted by Crippen LogP contribution is -2.23. The van der Waals surface area contributed by atoms with E-state index in [1.54, 1.807) is 12.3 Å².